The van der Waals surface area contributed by atoms with Gasteiger partial charge >= 0.3 is 0 Å². The summed E-state index contributed by atoms with van der Waals surface area (Å²) in [6.07, 6.45) is 21.6. The molecule has 45 heavy (non-hydrogen) atoms. The Morgan fingerprint density at radius 3 is 1.42 bits per heavy atom. The highest BCUT2D eigenvalue weighted by atomic mass is 16.7. The van der Waals surface area contributed by atoms with Crippen molar-refractivity contribution in [2.75, 3.05) is 13.6 Å². The van der Waals surface area contributed by atoms with Crippen LogP contribution in [-0.4, -0.2) is 37.4 Å². The molecule has 1 aromatic rings. The van der Waals surface area contributed by atoms with Crippen molar-refractivity contribution in [3.8, 4) is 11.5 Å². The fourth-order valence-electron chi connectivity index (χ4n) is 8.80. The van der Waals surface area contributed by atoms with Gasteiger partial charge in [-0.25, -0.2) is 0 Å². The molecule has 0 atom stereocenters. The van der Waals surface area contributed by atoms with Crippen LogP contribution in [0, 0.1) is 42.4 Å². The van der Waals surface area contributed by atoms with E-state index in [1.807, 2.05) is 25.1 Å². The zero-order valence-corrected chi connectivity index (χ0v) is 27.6. The van der Waals surface area contributed by atoms with Crippen molar-refractivity contribution in [3.63, 3.8) is 0 Å². The molecule has 0 radical (unpaired) electrons. The molecule has 4 saturated carbocycles. The first-order valence-electron chi connectivity index (χ1n) is 17.9. The maximum absolute atomic E-state index is 11.9. The maximum Gasteiger partial charge on any atom is 0.189 e. The van der Waals surface area contributed by atoms with E-state index in [0.29, 0.717) is 0 Å². The van der Waals surface area contributed by atoms with Crippen molar-refractivity contribution in [3.05, 3.63) is 49.1 Å². The number of carbonyl (C=O) groups excluding carboxylic acids is 2. The van der Waals surface area contributed by atoms with E-state index < -0.39 is 0 Å². The Balaban J connectivity index is 0.927. The van der Waals surface area contributed by atoms with E-state index in [2.05, 4.69) is 13.2 Å². The zero-order chi connectivity index (χ0) is 31.6. The third-order valence-electron chi connectivity index (χ3n) is 11.7. The van der Waals surface area contributed by atoms with Gasteiger partial charge < -0.3 is 18.9 Å². The van der Waals surface area contributed by atoms with Crippen LogP contribution in [-0.2, 0) is 19.1 Å². The summed E-state index contributed by atoms with van der Waals surface area (Å²) in [6, 6.07) is 5.91. The number of ketones is 2. The van der Waals surface area contributed by atoms with Crippen LogP contribution in [0.1, 0.15) is 108 Å². The average Bonchev–Trinajstić information content (AvgIpc) is 3.09. The highest BCUT2D eigenvalue weighted by Crippen LogP contribution is 2.42. The Bertz CT molecular complexity index is 1110. The number of aryl methyl sites for hydroxylation is 1. The standard InChI is InChI=1S/C39H56O6/c1-4-37(40)32-10-6-28(7-11-32)30-14-18-34(19-15-30)42-25-44-36-22-23-39(27(3)24-36)45-26-43-35-20-16-31(17-21-35)29-8-12-33(13-9-29)38(41)5-2/h4-5,22-24,28-35H,1-2,6-21,25-26H2,3H3. The van der Waals surface area contributed by atoms with E-state index in [0.717, 1.165) is 92.1 Å². The first-order valence-corrected chi connectivity index (χ1v) is 17.9. The molecule has 0 aliphatic heterocycles. The largest absolute Gasteiger partial charge is 0.468 e. The van der Waals surface area contributed by atoms with Crippen LogP contribution in [0.15, 0.2) is 43.5 Å². The quantitative estimate of drug-likeness (QED) is 0.153. The van der Waals surface area contributed by atoms with Crippen LogP contribution in [0.5, 0.6) is 11.5 Å². The summed E-state index contributed by atoms with van der Waals surface area (Å²) in [6.45, 7) is 9.89. The van der Waals surface area contributed by atoms with Gasteiger partial charge in [-0.3, -0.25) is 9.59 Å². The highest BCUT2D eigenvalue weighted by Gasteiger charge is 2.34. The molecule has 0 heterocycles. The van der Waals surface area contributed by atoms with E-state index in [4.69, 9.17) is 18.9 Å². The van der Waals surface area contributed by atoms with E-state index >= 15 is 0 Å². The minimum atomic E-state index is 0.211. The predicted molar refractivity (Wildman–Crippen MR) is 177 cm³/mol. The number of benzene rings is 1. The molecule has 6 heteroatoms. The summed E-state index contributed by atoms with van der Waals surface area (Å²) >= 11 is 0. The first-order chi connectivity index (χ1) is 21.9. The van der Waals surface area contributed by atoms with Crippen LogP contribution in [0.2, 0.25) is 0 Å². The van der Waals surface area contributed by atoms with Gasteiger partial charge in [0, 0.05) is 11.8 Å². The number of rotatable bonds is 14. The number of carbonyl (C=O) groups is 2. The molecule has 4 aliphatic carbocycles. The van der Waals surface area contributed by atoms with Gasteiger partial charge in [-0.05, 0) is 169 Å². The normalized spacial score (nSPS) is 32.3. The monoisotopic (exact) mass is 620 g/mol. The average molecular weight is 621 g/mol. The molecule has 6 nitrogen and oxygen atoms in total. The van der Waals surface area contributed by atoms with Crippen molar-refractivity contribution in [1.82, 2.24) is 0 Å². The fraction of sp³-hybridized carbons (Fsp3) is 0.692. The van der Waals surface area contributed by atoms with Gasteiger partial charge in [-0.15, -0.1) is 0 Å². The molecule has 4 aliphatic rings. The van der Waals surface area contributed by atoms with E-state index in [1.54, 1.807) is 0 Å². The van der Waals surface area contributed by atoms with E-state index in [-0.39, 0.29) is 49.2 Å². The summed E-state index contributed by atoms with van der Waals surface area (Å²) in [5, 5.41) is 0. The lowest BCUT2D eigenvalue weighted by molar-refractivity contribution is -0.120. The van der Waals surface area contributed by atoms with Crippen molar-refractivity contribution in [2.24, 2.45) is 35.5 Å². The second-order valence-corrected chi connectivity index (χ2v) is 14.3. The molecule has 0 spiro atoms. The van der Waals surface area contributed by atoms with Crippen LogP contribution < -0.4 is 9.47 Å². The van der Waals surface area contributed by atoms with Gasteiger partial charge in [0.2, 0.25) is 0 Å². The predicted octanol–water partition coefficient (Wildman–Crippen LogP) is 8.94. The molecule has 0 bridgehead atoms. The van der Waals surface area contributed by atoms with Crippen LogP contribution in [0.3, 0.4) is 0 Å². The Kier molecular flexibility index (Phi) is 12.8. The van der Waals surface area contributed by atoms with Gasteiger partial charge in [0.15, 0.2) is 25.2 Å². The molecule has 0 amide bonds. The molecule has 0 unspecified atom stereocenters. The number of allylic oxidation sites excluding steroid dienone is 2. The molecular formula is C39H56O6. The molecule has 0 aromatic heterocycles. The second kappa shape index (κ2) is 16.9. The molecule has 1 aromatic carbocycles. The van der Waals surface area contributed by atoms with Crippen molar-refractivity contribution in [2.45, 2.75) is 122 Å². The third kappa shape index (κ3) is 9.54. The van der Waals surface area contributed by atoms with Gasteiger partial charge in [0.05, 0.1) is 12.2 Å². The SMILES string of the molecule is C=CC(=O)C1CCC(C2CCC(OCOc3ccc(OCOC4CCC(C5CCC(C(=O)C=C)CC5)CC4)c(C)c3)CC2)CC1. The van der Waals surface area contributed by atoms with Gasteiger partial charge in [-0.1, -0.05) is 13.2 Å². The Morgan fingerprint density at radius 2 is 1.02 bits per heavy atom. The zero-order valence-electron chi connectivity index (χ0n) is 27.6. The summed E-state index contributed by atoms with van der Waals surface area (Å²) in [7, 11) is 0. The van der Waals surface area contributed by atoms with Crippen molar-refractivity contribution >= 4 is 11.6 Å². The van der Waals surface area contributed by atoms with Gasteiger partial charge in [0.1, 0.15) is 11.5 Å². The first kappa shape index (κ1) is 33.9. The summed E-state index contributed by atoms with van der Waals surface area (Å²) < 4.78 is 24.2. The Morgan fingerprint density at radius 1 is 0.622 bits per heavy atom. The van der Waals surface area contributed by atoms with Crippen LogP contribution in [0.25, 0.3) is 0 Å². The third-order valence-corrected chi connectivity index (χ3v) is 11.7. The lowest BCUT2D eigenvalue weighted by Crippen LogP contribution is -2.30. The Hall–Kier alpha value is -2.44. The number of hydrogen-bond acceptors (Lipinski definition) is 6. The smallest absolute Gasteiger partial charge is 0.189 e. The maximum atomic E-state index is 11.9. The number of hydrogen-bond donors (Lipinski definition) is 0. The molecule has 0 N–H and O–H groups in total. The van der Waals surface area contributed by atoms with Crippen molar-refractivity contribution < 1.29 is 28.5 Å². The molecule has 5 rings (SSSR count). The second-order valence-electron chi connectivity index (χ2n) is 14.3. The summed E-state index contributed by atoms with van der Waals surface area (Å²) in [5.41, 5.74) is 1.02. The van der Waals surface area contributed by atoms with Crippen LogP contribution in [0.4, 0.5) is 0 Å². The molecule has 4 fully saturated rings. The molecule has 248 valence electrons. The van der Waals surface area contributed by atoms with Crippen LogP contribution >= 0.6 is 0 Å². The van der Waals surface area contributed by atoms with E-state index in [1.165, 1.54) is 63.5 Å². The summed E-state index contributed by atoms with van der Waals surface area (Å²) in [5.74, 6) is 5.56. The lowest BCUT2D eigenvalue weighted by Gasteiger charge is -2.37. The minimum absolute atomic E-state index is 0.211. The summed E-state index contributed by atoms with van der Waals surface area (Å²) in [4.78, 5) is 23.9. The van der Waals surface area contributed by atoms with E-state index in [9.17, 15) is 9.59 Å². The fourth-order valence-corrected chi connectivity index (χ4v) is 8.80. The Labute approximate surface area is 271 Å². The molecule has 0 saturated heterocycles. The van der Waals surface area contributed by atoms with Gasteiger partial charge in [-0.2, -0.15) is 0 Å². The number of ether oxygens (including phenoxy) is 4. The van der Waals surface area contributed by atoms with Gasteiger partial charge in [0.25, 0.3) is 0 Å². The lowest BCUT2D eigenvalue weighted by atomic mass is 9.70. The minimum Gasteiger partial charge on any atom is -0.468 e. The topological polar surface area (TPSA) is 71.1 Å². The molecular weight excluding hydrogens is 564 g/mol. The highest BCUT2D eigenvalue weighted by molar-refractivity contribution is 5.91. The van der Waals surface area contributed by atoms with Crippen molar-refractivity contribution in [1.29, 1.82) is 0 Å².